The molecule has 2 rings (SSSR count). The first-order valence-corrected chi connectivity index (χ1v) is 9.09. The van der Waals surface area contributed by atoms with E-state index in [2.05, 4.69) is 86.4 Å². The van der Waals surface area contributed by atoms with Crippen LogP contribution in [-0.2, 0) is 17.4 Å². The van der Waals surface area contributed by atoms with Crippen LogP contribution < -0.4 is 10.6 Å². The van der Waals surface area contributed by atoms with E-state index in [-0.39, 0.29) is 34.8 Å². The van der Waals surface area contributed by atoms with E-state index in [0.29, 0.717) is 12.4 Å². The molecule has 0 spiro atoms. The fourth-order valence-electron chi connectivity index (χ4n) is 2.53. The average Bonchev–Trinajstić information content (AvgIpc) is 3.04. The summed E-state index contributed by atoms with van der Waals surface area (Å²) in [6.07, 6.45) is 1.80. The van der Waals surface area contributed by atoms with E-state index >= 15 is 0 Å². The Labute approximate surface area is 180 Å². The molecule has 0 radical (unpaired) electrons. The van der Waals surface area contributed by atoms with Gasteiger partial charge in [-0.25, -0.2) is 4.98 Å². The van der Waals surface area contributed by atoms with Crippen LogP contribution in [0.5, 0.6) is 0 Å². The number of nitrogens with one attached hydrogen (secondary N) is 2. The maximum Gasteiger partial charge on any atom is 0.213 e. The number of aryl methyl sites for hydroxylation is 1. The third-order valence-corrected chi connectivity index (χ3v) is 4.45. The Kier molecular flexibility index (Phi) is 8.32. The molecule has 0 unspecified atom stereocenters. The Bertz CT molecular complexity index is 742. The van der Waals surface area contributed by atoms with E-state index in [4.69, 9.17) is 4.42 Å². The van der Waals surface area contributed by atoms with Gasteiger partial charge in [0.15, 0.2) is 5.96 Å². The number of benzene rings is 1. The van der Waals surface area contributed by atoms with Crippen LogP contribution in [-0.4, -0.2) is 24.5 Å². The molecule has 1 heterocycles. The first kappa shape index (κ1) is 23.5. The van der Waals surface area contributed by atoms with Crippen molar-refractivity contribution in [1.82, 2.24) is 15.6 Å². The summed E-state index contributed by atoms with van der Waals surface area (Å²) in [5.41, 5.74) is 2.53. The molecule has 0 aliphatic rings. The summed E-state index contributed by atoms with van der Waals surface area (Å²) in [5, 5.41) is 6.67. The summed E-state index contributed by atoms with van der Waals surface area (Å²) in [5.74, 6) is 2.29. The van der Waals surface area contributed by atoms with Crippen LogP contribution in [0.2, 0.25) is 0 Å². The molecule has 150 valence electrons. The van der Waals surface area contributed by atoms with Crippen molar-refractivity contribution in [1.29, 1.82) is 0 Å². The van der Waals surface area contributed by atoms with Crippen molar-refractivity contribution in [3.8, 4) is 0 Å². The first-order chi connectivity index (χ1) is 12.1. The number of halogens is 1. The minimum atomic E-state index is -0.0385. The second-order valence-electron chi connectivity index (χ2n) is 8.40. The van der Waals surface area contributed by atoms with E-state index in [1.54, 1.807) is 13.2 Å². The van der Waals surface area contributed by atoms with E-state index in [1.807, 2.05) is 0 Å². The monoisotopic (exact) mass is 484 g/mol. The zero-order valence-corrected chi connectivity index (χ0v) is 19.8. The van der Waals surface area contributed by atoms with Crippen LogP contribution in [0, 0.1) is 6.92 Å². The van der Waals surface area contributed by atoms with Crippen LogP contribution in [0.25, 0.3) is 0 Å². The number of aromatic nitrogens is 1. The van der Waals surface area contributed by atoms with E-state index < -0.39 is 0 Å². The summed E-state index contributed by atoms with van der Waals surface area (Å²) < 4.78 is 5.81. The topological polar surface area (TPSA) is 62.5 Å². The number of aliphatic imine (C=N–C) groups is 1. The van der Waals surface area contributed by atoms with Gasteiger partial charge in [-0.1, -0.05) is 64.4 Å². The van der Waals surface area contributed by atoms with Gasteiger partial charge >= 0.3 is 0 Å². The molecule has 1 aromatic carbocycles. The number of hydrogen-bond acceptors (Lipinski definition) is 3. The molecule has 0 atom stereocenters. The second kappa shape index (κ2) is 9.57. The Hall–Kier alpha value is -1.57. The number of rotatable bonds is 5. The highest BCUT2D eigenvalue weighted by Crippen LogP contribution is 2.23. The van der Waals surface area contributed by atoms with Gasteiger partial charge in [0.25, 0.3) is 0 Å². The van der Waals surface area contributed by atoms with Gasteiger partial charge in [-0.05, 0) is 12.5 Å². The molecule has 0 amide bonds. The van der Waals surface area contributed by atoms with Gasteiger partial charge in [-0.2, -0.15) is 0 Å². The van der Waals surface area contributed by atoms with Crippen molar-refractivity contribution < 1.29 is 4.42 Å². The highest BCUT2D eigenvalue weighted by molar-refractivity contribution is 14.0. The van der Waals surface area contributed by atoms with Gasteiger partial charge in [-0.3, -0.25) is 4.99 Å². The van der Waals surface area contributed by atoms with E-state index in [0.717, 1.165) is 18.3 Å². The van der Waals surface area contributed by atoms with Crippen molar-refractivity contribution in [2.24, 2.45) is 4.99 Å². The van der Waals surface area contributed by atoms with Crippen LogP contribution in [0.1, 0.15) is 57.4 Å². The van der Waals surface area contributed by atoms with Gasteiger partial charge < -0.3 is 15.1 Å². The molecule has 0 aliphatic carbocycles. The Morgan fingerprint density at radius 1 is 1.07 bits per heavy atom. The maximum absolute atomic E-state index is 5.81. The lowest BCUT2D eigenvalue weighted by Crippen LogP contribution is -2.43. The van der Waals surface area contributed by atoms with Gasteiger partial charge in [0.1, 0.15) is 5.76 Å². The maximum atomic E-state index is 5.81. The van der Waals surface area contributed by atoms with Crippen molar-refractivity contribution in [2.45, 2.75) is 58.9 Å². The second-order valence-corrected chi connectivity index (χ2v) is 8.40. The molecule has 0 saturated heterocycles. The molecule has 0 bridgehead atoms. The van der Waals surface area contributed by atoms with Crippen LogP contribution in [0.15, 0.2) is 39.9 Å². The van der Waals surface area contributed by atoms with Crippen molar-refractivity contribution in [2.75, 3.05) is 13.6 Å². The molecular weight excluding hydrogens is 451 g/mol. The summed E-state index contributed by atoms with van der Waals surface area (Å²) in [4.78, 5) is 8.64. The Morgan fingerprint density at radius 3 is 2.22 bits per heavy atom. The lowest BCUT2D eigenvalue weighted by Gasteiger charge is -2.27. The number of nitrogens with zero attached hydrogens (tertiary/aromatic N) is 2. The minimum Gasteiger partial charge on any atom is -0.443 e. The highest BCUT2D eigenvalue weighted by Gasteiger charge is 2.21. The quantitative estimate of drug-likeness (QED) is 0.372. The summed E-state index contributed by atoms with van der Waals surface area (Å²) in [7, 11) is 1.77. The van der Waals surface area contributed by atoms with Crippen LogP contribution >= 0.6 is 24.0 Å². The fourth-order valence-corrected chi connectivity index (χ4v) is 2.53. The fraction of sp³-hybridized carbons (Fsp3) is 0.524. The molecular formula is C21H33IN4O. The molecule has 2 aromatic rings. The SMILES string of the molecule is CN=C(NCc1ncc(C(C)(C)C)o1)NCC(C)(C)c1ccc(C)cc1.I. The smallest absolute Gasteiger partial charge is 0.213 e. The lowest BCUT2D eigenvalue weighted by atomic mass is 9.84. The van der Waals surface area contributed by atoms with Gasteiger partial charge in [0.05, 0.1) is 12.7 Å². The summed E-state index contributed by atoms with van der Waals surface area (Å²) in [6, 6.07) is 8.68. The normalized spacial score (nSPS) is 12.5. The van der Waals surface area contributed by atoms with Gasteiger partial charge in [0, 0.05) is 24.4 Å². The molecule has 2 N–H and O–H groups in total. The highest BCUT2D eigenvalue weighted by atomic mass is 127. The number of oxazole rings is 1. The average molecular weight is 484 g/mol. The third kappa shape index (κ3) is 6.83. The molecule has 0 fully saturated rings. The molecule has 0 saturated carbocycles. The van der Waals surface area contributed by atoms with Crippen LogP contribution in [0.3, 0.4) is 0 Å². The van der Waals surface area contributed by atoms with E-state index in [1.165, 1.54) is 11.1 Å². The molecule has 6 heteroatoms. The summed E-state index contributed by atoms with van der Waals surface area (Å²) in [6.45, 7) is 14.2. The van der Waals surface area contributed by atoms with Gasteiger partial charge in [-0.15, -0.1) is 24.0 Å². The largest absolute Gasteiger partial charge is 0.443 e. The minimum absolute atomic E-state index is 0. The van der Waals surface area contributed by atoms with Crippen LogP contribution in [0.4, 0.5) is 0 Å². The van der Waals surface area contributed by atoms with E-state index in [9.17, 15) is 0 Å². The van der Waals surface area contributed by atoms with Crippen molar-refractivity contribution in [3.63, 3.8) is 0 Å². The van der Waals surface area contributed by atoms with Gasteiger partial charge in [0.2, 0.25) is 5.89 Å². The number of hydrogen-bond donors (Lipinski definition) is 2. The standard InChI is InChI=1S/C21H32N4O.HI/c1-15-8-10-16(11-9-15)21(5,6)14-25-19(22-7)24-13-18-23-12-17(26-18)20(2,3)4;/h8-12H,13-14H2,1-7H3,(H2,22,24,25);1H. The molecule has 27 heavy (non-hydrogen) atoms. The molecule has 5 nitrogen and oxygen atoms in total. The third-order valence-electron chi connectivity index (χ3n) is 4.45. The molecule has 1 aromatic heterocycles. The van der Waals surface area contributed by atoms with Crippen molar-refractivity contribution in [3.05, 3.63) is 53.2 Å². The number of guanidine groups is 1. The predicted molar refractivity (Wildman–Crippen MR) is 123 cm³/mol. The zero-order valence-electron chi connectivity index (χ0n) is 17.5. The zero-order chi connectivity index (χ0) is 19.4. The van der Waals surface area contributed by atoms with Crippen molar-refractivity contribution >= 4 is 29.9 Å². The first-order valence-electron chi connectivity index (χ1n) is 9.09. The Balaban J connectivity index is 0.00000364. The lowest BCUT2D eigenvalue weighted by molar-refractivity contribution is 0.379. The molecule has 0 aliphatic heterocycles. The Morgan fingerprint density at radius 2 is 1.70 bits per heavy atom. The summed E-state index contributed by atoms with van der Waals surface area (Å²) >= 11 is 0. The predicted octanol–water partition coefficient (Wildman–Crippen LogP) is 4.54.